The predicted molar refractivity (Wildman–Crippen MR) is 136 cm³/mol. The van der Waals surface area contributed by atoms with Crippen molar-refractivity contribution < 1.29 is 0 Å². The van der Waals surface area contributed by atoms with E-state index in [1.807, 2.05) is 16.8 Å². The van der Waals surface area contributed by atoms with Crippen LogP contribution >= 0.6 is 0 Å². The third-order valence-corrected chi connectivity index (χ3v) is 6.46. The maximum Gasteiger partial charge on any atom is 0.163 e. The van der Waals surface area contributed by atoms with Crippen molar-refractivity contribution in [2.75, 3.05) is 30.3 Å². The minimum absolute atomic E-state index is 0.354. The maximum absolute atomic E-state index is 4.92. The number of rotatable bonds is 8. The van der Waals surface area contributed by atoms with E-state index in [1.165, 1.54) is 18.4 Å². The number of hydrogen-bond donors (Lipinski definition) is 3. The number of fused-ring (bicyclic) bond motifs is 1. The van der Waals surface area contributed by atoms with Gasteiger partial charge in [0.05, 0.1) is 11.9 Å². The van der Waals surface area contributed by atoms with Crippen molar-refractivity contribution in [3.05, 3.63) is 66.2 Å². The van der Waals surface area contributed by atoms with E-state index in [4.69, 9.17) is 4.98 Å². The summed E-state index contributed by atoms with van der Waals surface area (Å²) in [6.07, 6.45) is 7.68. The number of aromatic nitrogens is 5. The summed E-state index contributed by atoms with van der Waals surface area (Å²) in [7, 11) is 0. The molecule has 1 aromatic carbocycles. The van der Waals surface area contributed by atoms with Crippen LogP contribution in [0.3, 0.4) is 0 Å². The lowest BCUT2D eigenvalue weighted by Crippen LogP contribution is -2.31. The van der Waals surface area contributed by atoms with Gasteiger partial charge in [-0.25, -0.2) is 15.0 Å². The van der Waals surface area contributed by atoms with Gasteiger partial charge in [0.15, 0.2) is 5.65 Å². The third kappa shape index (κ3) is 5.02. The molecule has 3 aromatic heterocycles. The molecule has 1 aliphatic heterocycles. The van der Waals surface area contributed by atoms with Crippen LogP contribution in [0.25, 0.3) is 16.9 Å². The Morgan fingerprint density at radius 2 is 1.91 bits per heavy atom. The van der Waals surface area contributed by atoms with Crippen LogP contribution in [-0.4, -0.2) is 44.2 Å². The Bertz CT molecular complexity index is 1210. The first kappa shape index (κ1) is 22.3. The van der Waals surface area contributed by atoms with Crippen LogP contribution in [0.2, 0.25) is 0 Å². The molecule has 0 aliphatic carbocycles. The van der Waals surface area contributed by atoms with E-state index in [0.717, 1.165) is 53.7 Å². The zero-order chi connectivity index (χ0) is 23.3. The molecule has 0 unspecified atom stereocenters. The summed E-state index contributed by atoms with van der Waals surface area (Å²) in [6, 6.07) is 12.4. The van der Waals surface area contributed by atoms with Gasteiger partial charge in [-0.15, -0.1) is 0 Å². The van der Waals surface area contributed by atoms with E-state index in [9.17, 15) is 0 Å². The molecule has 0 saturated carbocycles. The molecule has 0 amide bonds. The van der Waals surface area contributed by atoms with Crippen molar-refractivity contribution in [1.29, 1.82) is 0 Å². The lowest BCUT2D eigenvalue weighted by Gasteiger charge is -2.23. The predicted octanol–water partition coefficient (Wildman–Crippen LogP) is 4.33. The van der Waals surface area contributed by atoms with Gasteiger partial charge in [-0.05, 0) is 49.4 Å². The standard InChI is InChI=1S/C26H32N8/c1-18(2)22-16-32-34-25(13-24(33-26(22)34)29-14-20-7-10-27-11-8-20)30-15-19-3-5-21(6-4-19)23-9-12-28-17-31-23/h3-6,9,12-13,16-18,20,27,30H,7-8,10-11,14-15H2,1-2H3,(H,29,33). The maximum atomic E-state index is 4.92. The summed E-state index contributed by atoms with van der Waals surface area (Å²) < 4.78 is 1.92. The van der Waals surface area contributed by atoms with Crippen molar-refractivity contribution in [2.45, 2.75) is 39.2 Å². The Morgan fingerprint density at radius 3 is 2.65 bits per heavy atom. The molecule has 0 bridgehead atoms. The Morgan fingerprint density at radius 1 is 1.09 bits per heavy atom. The van der Waals surface area contributed by atoms with Gasteiger partial charge in [0, 0.05) is 36.5 Å². The second-order valence-corrected chi connectivity index (χ2v) is 9.24. The van der Waals surface area contributed by atoms with Gasteiger partial charge < -0.3 is 16.0 Å². The first-order valence-electron chi connectivity index (χ1n) is 12.1. The number of hydrogen-bond acceptors (Lipinski definition) is 7. The molecule has 4 heterocycles. The van der Waals surface area contributed by atoms with Crippen LogP contribution in [0.5, 0.6) is 0 Å². The molecule has 0 atom stereocenters. The Labute approximate surface area is 200 Å². The van der Waals surface area contributed by atoms with Gasteiger partial charge in [0.1, 0.15) is 18.0 Å². The van der Waals surface area contributed by atoms with Crippen LogP contribution < -0.4 is 16.0 Å². The molecule has 4 aromatic rings. The molecule has 176 valence electrons. The quantitative estimate of drug-likeness (QED) is 0.363. The Kier molecular flexibility index (Phi) is 6.67. The Balaban J connectivity index is 1.34. The molecule has 8 heteroatoms. The third-order valence-electron chi connectivity index (χ3n) is 6.46. The average Bonchev–Trinajstić information content (AvgIpc) is 3.32. The highest BCUT2D eigenvalue weighted by Crippen LogP contribution is 2.25. The number of piperidine rings is 1. The molecule has 0 radical (unpaired) electrons. The minimum atomic E-state index is 0.354. The first-order chi connectivity index (χ1) is 16.7. The van der Waals surface area contributed by atoms with E-state index in [1.54, 1.807) is 12.5 Å². The Hall–Kier alpha value is -3.52. The largest absolute Gasteiger partial charge is 0.370 e. The number of anilines is 2. The van der Waals surface area contributed by atoms with E-state index in [0.29, 0.717) is 18.4 Å². The van der Waals surface area contributed by atoms with E-state index in [-0.39, 0.29) is 0 Å². The number of nitrogens with one attached hydrogen (secondary N) is 3. The van der Waals surface area contributed by atoms with Gasteiger partial charge >= 0.3 is 0 Å². The van der Waals surface area contributed by atoms with Crippen LogP contribution in [0.1, 0.15) is 43.7 Å². The number of benzene rings is 1. The molecule has 1 fully saturated rings. The summed E-state index contributed by atoms with van der Waals surface area (Å²) in [5.41, 5.74) is 5.25. The molecule has 1 aliphatic rings. The summed E-state index contributed by atoms with van der Waals surface area (Å²) >= 11 is 0. The second-order valence-electron chi connectivity index (χ2n) is 9.24. The van der Waals surface area contributed by atoms with Gasteiger partial charge in [0.2, 0.25) is 0 Å². The second kappa shape index (κ2) is 10.2. The SMILES string of the molecule is CC(C)c1cnn2c(NCc3ccc(-c4ccncn4)cc3)cc(NCC3CCNCC3)nc12. The fraction of sp³-hybridized carbons (Fsp3) is 0.385. The van der Waals surface area contributed by atoms with Crippen molar-refractivity contribution >= 4 is 17.3 Å². The minimum Gasteiger partial charge on any atom is -0.370 e. The number of nitrogens with zero attached hydrogens (tertiary/aromatic N) is 5. The highest BCUT2D eigenvalue weighted by atomic mass is 15.3. The lowest BCUT2D eigenvalue weighted by atomic mass is 9.98. The van der Waals surface area contributed by atoms with Crippen LogP contribution in [0.4, 0.5) is 11.6 Å². The molecule has 34 heavy (non-hydrogen) atoms. The fourth-order valence-electron chi connectivity index (χ4n) is 4.39. The zero-order valence-corrected chi connectivity index (χ0v) is 19.8. The normalized spacial score (nSPS) is 14.6. The van der Waals surface area contributed by atoms with Crippen LogP contribution in [0.15, 0.2) is 55.1 Å². The lowest BCUT2D eigenvalue weighted by molar-refractivity contribution is 0.389. The molecule has 0 spiro atoms. The summed E-state index contributed by atoms with van der Waals surface area (Å²) in [6.45, 7) is 8.19. The zero-order valence-electron chi connectivity index (χ0n) is 19.8. The van der Waals surface area contributed by atoms with Crippen LogP contribution in [0, 0.1) is 5.92 Å². The van der Waals surface area contributed by atoms with E-state index < -0.39 is 0 Å². The molecule has 5 rings (SSSR count). The van der Waals surface area contributed by atoms with Gasteiger partial charge in [0.25, 0.3) is 0 Å². The van der Waals surface area contributed by atoms with Gasteiger partial charge in [-0.2, -0.15) is 9.61 Å². The monoisotopic (exact) mass is 456 g/mol. The molecule has 8 nitrogen and oxygen atoms in total. The molecule has 3 N–H and O–H groups in total. The van der Waals surface area contributed by atoms with Crippen molar-refractivity contribution in [1.82, 2.24) is 29.9 Å². The summed E-state index contributed by atoms with van der Waals surface area (Å²) in [4.78, 5) is 13.2. The van der Waals surface area contributed by atoms with Gasteiger partial charge in [-0.3, -0.25) is 0 Å². The first-order valence-corrected chi connectivity index (χ1v) is 12.1. The molecular weight excluding hydrogens is 424 g/mol. The van der Waals surface area contributed by atoms with E-state index in [2.05, 4.69) is 75.2 Å². The summed E-state index contributed by atoms with van der Waals surface area (Å²) in [5.74, 6) is 2.87. The highest BCUT2D eigenvalue weighted by Gasteiger charge is 2.16. The van der Waals surface area contributed by atoms with E-state index >= 15 is 0 Å². The smallest absolute Gasteiger partial charge is 0.163 e. The molecular formula is C26H32N8. The van der Waals surface area contributed by atoms with Gasteiger partial charge in [-0.1, -0.05) is 38.1 Å². The molecule has 1 saturated heterocycles. The topological polar surface area (TPSA) is 92.1 Å². The summed E-state index contributed by atoms with van der Waals surface area (Å²) in [5, 5.41) is 15.2. The van der Waals surface area contributed by atoms with Crippen molar-refractivity contribution in [2.24, 2.45) is 5.92 Å². The fourth-order valence-corrected chi connectivity index (χ4v) is 4.39. The average molecular weight is 457 g/mol. The van der Waals surface area contributed by atoms with Crippen molar-refractivity contribution in [3.8, 4) is 11.3 Å². The van der Waals surface area contributed by atoms with Crippen molar-refractivity contribution in [3.63, 3.8) is 0 Å². The highest BCUT2D eigenvalue weighted by molar-refractivity contribution is 5.61. The van der Waals surface area contributed by atoms with Crippen LogP contribution in [-0.2, 0) is 6.54 Å².